The summed E-state index contributed by atoms with van der Waals surface area (Å²) in [6.45, 7) is 5.25. The van der Waals surface area contributed by atoms with Crippen LogP contribution in [0.2, 0.25) is 0 Å². The van der Waals surface area contributed by atoms with Crippen LogP contribution in [-0.4, -0.2) is 41.2 Å². The molecule has 0 aliphatic rings. The van der Waals surface area contributed by atoms with Gasteiger partial charge in [-0.1, -0.05) is 13.8 Å². The van der Waals surface area contributed by atoms with E-state index in [-0.39, 0.29) is 11.6 Å². The van der Waals surface area contributed by atoms with Crippen LogP contribution in [0.5, 0.6) is 0 Å². The normalized spacial score (nSPS) is 11.5. The standard InChI is InChI=1S/C16H21N3O6S/c1-10(2)8-17-16(22)18-14(20)9-25-15(21)11(3)26-13-6-4-12(5-7-13)19(23)24/h4-7,10-11H,8-9H2,1-3H3,(H2,17,18,20,22)/t11-/m1/s1. The van der Waals surface area contributed by atoms with Gasteiger partial charge in [-0.2, -0.15) is 0 Å². The molecule has 0 aromatic heterocycles. The first-order chi connectivity index (χ1) is 12.2. The van der Waals surface area contributed by atoms with Gasteiger partial charge in [0.2, 0.25) is 0 Å². The second-order valence-electron chi connectivity index (χ2n) is 5.77. The van der Waals surface area contributed by atoms with Crippen LogP contribution in [0.4, 0.5) is 10.5 Å². The number of carbonyl (C=O) groups is 3. The van der Waals surface area contributed by atoms with Gasteiger partial charge in [-0.25, -0.2) is 4.79 Å². The van der Waals surface area contributed by atoms with E-state index in [1.807, 2.05) is 13.8 Å². The summed E-state index contributed by atoms with van der Waals surface area (Å²) in [6.07, 6.45) is 0. The lowest BCUT2D eigenvalue weighted by Gasteiger charge is -2.12. The number of urea groups is 1. The number of benzene rings is 1. The topological polar surface area (TPSA) is 128 Å². The van der Waals surface area contributed by atoms with Gasteiger partial charge in [-0.3, -0.25) is 25.0 Å². The zero-order valence-corrected chi connectivity index (χ0v) is 15.5. The monoisotopic (exact) mass is 383 g/mol. The van der Waals surface area contributed by atoms with Crippen molar-refractivity contribution in [3.8, 4) is 0 Å². The molecule has 0 fully saturated rings. The summed E-state index contributed by atoms with van der Waals surface area (Å²) in [7, 11) is 0. The summed E-state index contributed by atoms with van der Waals surface area (Å²) in [5.74, 6) is -1.12. The number of imide groups is 1. The van der Waals surface area contributed by atoms with Gasteiger partial charge in [-0.15, -0.1) is 11.8 Å². The predicted octanol–water partition coefficient (Wildman–Crippen LogP) is 2.10. The lowest BCUT2D eigenvalue weighted by atomic mass is 10.2. The van der Waals surface area contributed by atoms with E-state index in [9.17, 15) is 24.5 Å². The third-order valence-electron chi connectivity index (χ3n) is 2.96. The maximum Gasteiger partial charge on any atom is 0.321 e. The Morgan fingerprint density at radius 3 is 2.35 bits per heavy atom. The van der Waals surface area contributed by atoms with Crippen LogP contribution >= 0.6 is 11.8 Å². The summed E-state index contributed by atoms with van der Waals surface area (Å²) in [5.41, 5.74) is -0.0444. The summed E-state index contributed by atoms with van der Waals surface area (Å²) in [4.78, 5) is 45.6. The van der Waals surface area contributed by atoms with Gasteiger partial charge in [0.25, 0.3) is 11.6 Å². The lowest BCUT2D eigenvalue weighted by molar-refractivity contribution is -0.384. The van der Waals surface area contributed by atoms with E-state index in [1.54, 1.807) is 6.92 Å². The van der Waals surface area contributed by atoms with Crippen molar-refractivity contribution in [2.75, 3.05) is 13.2 Å². The van der Waals surface area contributed by atoms with Gasteiger partial charge in [0, 0.05) is 23.6 Å². The Hall–Kier alpha value is -2.62. The fourth-order valence-electron chi connectivity index (χ4n) is 1.66. The summed E-state index contributed by atoms with van der Waals surface area (Å²) in [6, 6.07) is 5.08. The third-order valence-corrected chi connectivity index (χ3v) is 4.05. The average Bonchev–Trinajstić information content (AvgIpc) is 2.58. The largest absolute Gasteiger partial charge is 0.455 e. The van der Waals surface area contributed by atoms with Crippen LogP contribution in [0.15, 0.2) is 29.2 Å². The molecule has 0 bridgehead atoms. The first kappa shape index (κ1) is 21.4. The number of nitrogens with zero attached hydrogens (tertiary/aromatic N) is 1. The molecule has 1 rings (SSSR count). The Morgan fingerprint density at radius 2 is 1.81 bits per heavy atom. The molecule has 0 unspecified atom stereocenters. The molecule has 0 heterocycles. The van der Waals surface area contributed by atoms with Gasteiger partial charge < -0.3 is 10.1 Å². The molecule has 0 aliphatic carbocycles. The van der Waals surface area contributed by atoms with Crippen LogP contribution in [0.1, 0.15) is 20.8 Å². The van der Waals surface area contributed by atoms with Crippen molar-refractivity contribution in [1.29, 1.82) is 0 Å². The van der Waals surface area contributed by atoms with Crippen LogP contribution in [0, 0.1) is 16.0 Å². The molecule has 0 aliphatic heterocycles. The smallest absolute Gasteiger partial charge is 0.321 e. The molecule has 0 saturated carbocycles. The molecule has 1 atom stereocenters. The van der Waals surface area contributed by atoms with Crippen LogP contribution in [0.25, 0.3) is 0 Å². The Morgan fingerprint density at radius 1 is 1.19 bits per heavy atom. The number of carbonyl (C=O) groups excluding carboxylic acids is 3. The van der Waals surface area contributed by atoms with Gasteiger partial charge in [-0.05, 0) is 25.0 Å². The average molecular weight is 383 g/mol. The quantitative estimate of drug-likeness (QED) is 0.304. The maximum absolute atomic E-state index is 11.9. The number of ether oxygens (including phenoxy) is 1. The number of rotatable bonds is 8. The molecule has 10 heteroatoms. The van der Waals surface area contributed by atoms with Crippen molar-refractivity contribution in [1.82, 2.24) is 10.6 Å². The second kappa shape index (κ2) is 10.4. The molecule has 2 N–H and O–H groups in total. The molecular formula is C16H21N3O6S. The molecule has 9 nitrogen and oxygen atoms in total. The first-order valence-electron chi connectivity index (χ1n) is 7.84. The Labute approximate surface area is 155 Å². The van der Waals surface area contributed by atoms with E-state index in [2.05, 4.69) is 10.6 Å². The minimum atomic E-state index is -0.729. The number of hydrogen-bond acceptors (Lipinski definition) is 7. The summed E-state index contributed by atoms with van der Waals surface area (Å²) in [5, 5.41) is 14.5. The highest BCUT2D eigenvalue weighted by Crippen LogP contribution is 2.25. The molecule has 3 amide bonds. The van der Waals surface area contributed by atoms with Gasteiger partial charge in [0.1, 0.15) is 5.25 Å². The number of thioether (sulfide) groups is 1. The van der Waals surface area contributed by atoms with Crippen LogP contribution in [-0.2, 0) is 14.3 Å². The zero-order chi connectivity index (χ0) is 19.7. The lowest BCUT2D eigenvalue weighted by Crippen LogP contribution is -2.42. The number of amides is 3. The maximum atomic E-state index is 11.9. The van der Waals surface area contributed by atoms with Crippen molar-refractivity contribution < 1.29 is 24.0 Å². The molecule has 0 radical (unpaired) electrons. The number of hydrogen-bond donors (Lipinski definition) is 2. The molecule has 0 saturated heterocycles. The van der Waals surface area contributed by atoms with E-state index < -0.39 is 34.7 Å². The Bertz CT molecular complexity index is 662. The zero-order valence-electron chi connectivity index (χ0n) is 14.7. The molecule has 0 spiro atoms. The Kier molecular flexibility index (Phi) is 8.56. The SMILES string of the molecule is CC(C)CNC(=O)NC(=O)COC(=O)[C@@H](C)Sc1ccc([N+](=O)[O-])cc1. The highest BCUT2D eigenvalue weighted by molar-refractivity contribution is 8.00. The van der Waals surface area contributed by atoms with E-state index >= 15 is 0 Å². The number of nitro benzene ring substituents is 1. The molecule has 1 aromatic carbocycles. The van der Waals surface area contributed by atoms with E-state index in [0.29, 0.717) is 11.4 Å². The van der Waals surface area contributed by atoms with Crippen molar-refractivity contribution in [3.05, 3.63) is 34.4 Å². The molecule has 26 heavy (non-hydrogen) atoms. The van der Waals surface area contributed by atoms with Gasteiger partial charge in [0.05, 0.1) is 4.92 Å². The molecule has 1 aromatic rings. The summed E-state index contributed by atoms with van der Waals surface area (Å²) < 4.78 is 4.87. The molecular weight excluding hydrogens is 362 g/mol. The molecule has 142 valence electrons. The van der Waals surface area contributed by atoms with E-state index in [0.717, 1.165) is 11.8 Å². The highest BCUT2D eigenvalue weighted by Gasteiger charge is 2.18. The van der Waals surface area contributed by atoms with E-state index in [4.69, 9.17) is 4.74 Å². The fourth-order valence-corrected chi connectivity index (χ4v) is 2.52. The van der Waals surface area contributed by atoms with Gasteiger partial charge in [0.15, 0.2) is 6.61 Å². The van der Waals surface area contributed by atoms with Crippen LogP contribution < -0.4 is 10.6 Å². The minimum Gasteiger partial charge on any atom is -0.455 e. The van der Waals surface area contributed by atoms with Crippen molar-refractivity contribution in [2.24, 2.45) is 5.92 Å². The van der Waals surface area contributed by atoms with Gasteiger partial charge >= 0.3 is 12.0 Å². The number of nitro groups is 1. The highest BCUT2D eigenvalue weighted by atomic mass is 32.2. The van der Waals surface area contributed by atoms with E-state index in [1.165, 1.54) is 24.3 Å². The Balaban J connectivity index is 2.38. The first-order valence-corrected chi connectivity index (χ1v) is 8.72. The minimum absolute atomic E-state index is 0.0444. The third kappa shape index (κ3) is 7.97. The summed E-state index contributed by atoms with van der Waals surface area (Å²) >= 11 is 1.14. The van der Waals surface area contributed by atoms with Crippen molar-refractivity contribution >= 4 is 35.4 Å². The van der Waals surface area contributed by atoms with Crippen molar-refractivity contribution in [3.63, 3.8) is 0 Å². The second-order valence-corrected chi connectivity index (χ2v) is 7.19. The number of nitrogens with one attached hydrogen (secondary N) is 2. The number of non-ortho nitro benzene ring substituents is 1. The van der Waals surface area contributed by atoms with Crippen molar-refractivity contribution in [2.45, 2.75) is 30.9 Å². The van der Waals surface area contributed by atoms with Crippen LogP contribution in [0.3, 0.4) is 0 Å². The number of esters is 1. The fraction of sp³-hybridized carbons (Fsp3) is 0.438. The predicted molar refractivity (Wildman–Crippen MR) is 95.8 cm³/mol.